The number of nitrogens with zero attached hydrogens (tertiary/aromatic N) is 1. The molecule has 0 unspecified atom stereocenters. The Hall–Kier alpha value is -1.19. The second kappa shape index (κ2) is 6.97. The smallest absolute Gasteiger partial charge is 0.241 e. The van der Waals surface area contributed by atoms with Crippen LogP contribution in [0.4, 0.5) is 0 Å². The molecule has 1 N–H and O–H groups in total. The molecule has 2 aliphatic rings. The number of piperidine rings is 1. The second-order valence-electron chi connectivity index (χ2n) is 5.77. The zero-order chi connectivity index (χ0) is 17.2. The van der Waals surface area contributed by atoms with Gasteiger partial charge in [-0.15, -0.1) is 0 Å². The predicted octanol–water partition coefficient (Wildman–Crippen LogP) is 0.984. The minimum atomic E-state index is -3.74. The third-order valence-corrected chi connectivity index (χ3v) is 5.90. The molecule has 2 aliphatic heterocycles. The van der Waals surface area contributed by atoms with Crippen molar-refractivity contribution in [1.82, 2.24) is 9.62 Å². The van der Waals surface area contributed by atoms with E-state index >= 15 is 0 Å². The molecule has 7 nitrogen and oxygen atoms in total. The van der Waals surface area contributed by atoms with Gasteiger partial charge in [0.2, 0.25) is 15.9 Å². The van der Waals surface area contributed by atoms with Crippen LogP contribution < -0.4 is 4.72 Å². The van der Waals surface area contributed by atoms with Gasteiger partial charge >= 0.3 is 0 Å². The number of amides is 1. The number of rotatable bonds is 4. The van der Waals surface area contributed by atoms with Crippen LogP contribution in [-0.4, -0.2) is 57.9 Å². The Morgan fingerprint density at radius 3 is 2.33 bits per heavy atom. The van der Waals surface area contributed by atoms with Crippen LogP contribution in [0.2, 0.25) is 5.02 Å². The van der Waals surface area contributed by atoms with Gasteiger partial charge in [-0.05, 0) is 24.3 Å². The highest BCUT2D eigenvalue weighted by molar-refractivity contribution is 7.89. The van der Waals surface area contributed by atoms with Crippen molar-refractivity contribution in [3.8, 4) is 0 Å². The van der Waals surface area contributed by atoms with E-state index in [-0.39, 0.29) is 17.3 Å². The molecule has 1 amide bonds. The highest BCUT2D eigenvalue weighted by Crippen LogP contribution is 2.31. The van der Waals surface area contributed by atoms with Crippen LogP contribution in [0, 0.1) is 0 Å². The van der Waals surface area contributed by atoms with E-state index < -0.39 is 15.8 Å². The molecule has 0 bridgehead atoms. The Kier molecular flexibility index (Phi) is 5.12. The van der Waals surface area contributed by atoms with Crippen LogP contribution in [0.3, 0.4) is 0 Å². The molecular formula is C15H19ClN2O5S. The van der Waals surface area contributed by atoms with E-state index in [4.69, 9.17) is 21.1 Å². The van der Waals surface area contributed by atoms with Gasteiger partial charge in [-0.3, -0.25) is 4.79 Å². The number of benzene rings is 1. The van der Waals surface area contributed by atoms with Crippen LogP contribution in [0.5, 0.6) is 0 Å². The summed E-state index contributed by atoms with van der Waals surface area (Å²) in [4.78, 5) is 13.9. The van der Waals surface area contributed by atoms with Gasteiger partial charge in [-0.2, -0.15) is 0 Å². The molecular weight excluding hydrogens is 356 g/mol. The molecule has 2 saturated heterocycles. The Morgan fingerprint density at radius 1 is 1.17 bits per heavy atom. The Labute approximate surface area is 145 Å². The summed E-state index contributed by atoms with van der Waals surface area (Å²) >= 11 is 5.75. The molecule has 1 aromatic rings. The summed E-state index contributed by atoms with van der Waals surface area (Å²) in [5.74, 6) is -0.819. The Balaban J connectivity index is 1.53. The molecule has 0 atom stereocenters. The highest BCUT2D eigenvalue weighted by Gasteiger charge is 2.40. The third-order valence-electron chi connectivity index (χ3n) is 4.23. The zero-order valence-electron chi connectivity index (χ0n) is 13.0. The number of ether oxygens (including phenoxy) is 2. The molecule has 0 aromatic heterocycles. The average molecular weight is 375 g/mol. The Morgan fingerprint density at radius 2 is 1.75 bits per heavy atom. The maximum Gasteiger partial charge on any atom is 0.241 e. The first-order valence-corrected chi connectivity index (χ1v) is 9.57. The van der Waals surface area contributed by atoms with Gasteiger partial charge in [0.05, 0.1) is 24.7 Å². The van der Waals surface area contributed by atoms with Crippen molar-refractivity contribution in [3.05, 3.63) is 29.3 Å². The summed E-state index contributed by atoms with van der Waals surface area (Å²) in [6.45, 7) is 1.85. The van der Waals surface area contributed by atoms with E-state index in [2.05, 4.69) is 4.72 Å². The number of likely N-dealkylation sites (tertiary alicyclic amines) is 1. The minimum absolute atomic E-state index is 0.0741. The molecule has 1 spiro atoms. The molecule has 24 heavy (non-hydrogen) atoms. The standard InChI is InChI=1S/C15H19ClN2O5S/c16-12-1-3-13(4-2-12)24(20,21)17-11-14(19)18-7-5-15(6-8-18)22-9-10-23-15/h1-4,17H,5-11H2. The van der Waals surface area contributed by atoms with Gasteiger partial charge in [0.25, 0.3) is 0 Å². The Bertz CT molecular complexity index is 691. The van der Waals surface area contributed by atoms with Crippen LogP contribution in [0.25, 0.3) is 0 Å². The van der Waals surface area contributed by atoms with Crippen LogP contribution in [0.15, 0.2) is 29.2 Å². The highest BCUT2D eigenvalue weighted by atomic mass is 35.5. The number of carbonyl (C=O) groups excluding carboxylic acids is 1. The van der Waals surface area contributed by atoms with Gasteiger partial charge in [0, 0.05) is 31.0 Å². The van der Waals surface area contributed by atoms with Crippen molar-refractivity contribution in [1.29, 1.82) is 0 Å². The summed E-state index contributed by atoms with van der Waals surface area (Å²) < 4.78 is 37.9. The molecule has 0 radical (unpaired) electrons. The lowest BCUT2D eigenvalue weighted by Crippen LogP contribution is -2.49. The summed E-state index contributed by atoms with van der Waals surface area (Å²) in [6.07, 6.45) is 1.20. The largest absolute Gasteiger partial charge is 0.347 e. The van der Waals surface area contributed by atoms with Crippen LogP contribution in [0.1, 0.15) is 12.8 Å². The molecule has 9 heteroatoms. The van der Waals surface area contributed by atoms with E-state index in [0.29, 0.717) is 44.2 Å². The molecule has 0 aliphatic carbocycles. The third kappa shape index (κ3) is 3.89. The second-order valence-corrected chi connectivity index (χ2v) is 7.97. The van der Waals surface area contributed by atoms with E-state index in [1.807, 2.05) is 0 Å². The monoisotopic (exact) mass is 374 g/mol. The van der Waals surface area contributed by atoms with Crippen molar-refractivity contribution < 1.29 is 22.7 Å². The summed E-state index contributed by atoms with van der Waals surface area (Å²) in [7, 11) is -3.74. The number of halogens is 1. The fourth-order valence-corrected chi connectivity index (χ4v) is 3.95. The lowest BCUT2D eigenvalue weighted by molar-refractivity contribution is -0.187. The van der Waals surface area contributed by atoms with E-state index in [0.717, 1.165) is 0 Å². The van der Waals surface area contributed by atoms with Crippen molar-refractivity contribution in [2.24, 2.45) is 0 Å². The first-order chi connectivity index (χ1) is 11.4. The summed E-state index contributed by atoms with van der Waals surface area (Å²) in [6, 6.07) is 5.77. The van der Waals surface area contributed by atoms with Crippen LogP contribution >= 0.6 is 11.6 Å². The van der Waals surface area contributed by atoms with Gasteiger partial charge in [0.1, 0.15) is 0 Å². The van der Waals surface area contributed by atoms with E-state index in [9.17, 15) is 13.2 Å². The summed E-state index contributed by atoms with van der Waals surface area (Å²) in [5.41, 5.74) is 0. The normalized spacial score (nSPS) is 20.5. The van der Waals surface area contributed by atoms with Crippen LogP contribution in [-0.2, 0) is 24.3 Å². The van der Waals surface area contributed by atoms with Crippen molar-refractivity contribution in [2.45, 2.75) is 23.5 Å². The molecule has 0 saturated carbocycles. The fourth-order valence-electron chi connectivity index (χ4n) is 2.85. The van der Waals surface area contributed by atoms with Gasteiger partial charge in [0.15, 0.2) is 5.79 Å². The fraction of sp³-hybridized carbons (Fsp3) is 0.533. The maximum absolute atomic E-state index is 12.2. The maximum atomic E-state index is 12.2. The van der Waals surface area contributed by atoms with E-state index in [1.54, 1.807) is 4.90 Å². The SMILES string of the molecule is O=C(CNS(=O)(=O)c1ccc(Cl)cc1)N1CCC2(CC1)OCCO2. The number of carbonyl (C=O) groups is 1. The minimum Gasteiger partial charge on any atom is -0.347 e. The first kappa shape index (κ1) is 17.6. The zero-order valence-corrected chi connectivity index (χ0v) is 14.6. The van der Waals surface area contributed by atoms with Crippen molar-refractivity contribution in [3.63, 3.8) is 0 Å². The molecule has 2 heterocycles. The average Bonchev–Trinajstić information content (AvgIpc) is 3.02. The number of hydrogen-bond donors (Lipinski definition) is 1. The number of nitrogens with one attached hydrogen (secondary N) is 1. The number of sulfonamides is 1. The van der Waals surface area contributed by atoms with Gasteiger partial charge in [-0.25, -0.2) is 13.1 Å². The topological polar surface area (TPSA) is 84.9 Å². The van der Waals surface area contributed by atoms with Crippen molar-refractivity contribution in [2.75, 3.05) is 32.8 Å². The van der Waals surface area contributed by atoms with E-state index in [1.165, 1.54) is 24.3 Å². The summed E-state index contributed by atoms with van der Waals surface area (Å²) in [5, 5.41) is 0.448. The van der Waals surface area contributed by atoms with Gasteiger partial charge in [-0.1, -0.05) is 11.6 Å². The first-order valence-electron chi connectivity index (χ1n) is 7.71. The molecule has 3 rings (SSSR count). The lowest BCUT2D eigenvalue weighted by Gasteiger charge is -2.37. The van der Waals surface area contributed by atoms with Crippen molar-refractivity contribution >= 4 is 27.5 Å². The molecule has 132 valence electrons. The molecule has 2 fully saturated rings. The quantitative estimate of drug-likeness (QED) is 0.849. The number of hydrogen-bond acceptors (Lipinski definition) is 5. The van der Waals surface area contributed by atoms with Gasteiger partial charge < -0.3 is 14.4 Å². The lowest BCUT2D eigenvalue weighted by atomic mass is 10.0. The molecule has 1 aromatic carbocycles. The predicted molar refractivity (Wildman–Crippen MR) is 87.1 cm³/mol.